The fourth-order valence-electron chi connectivity index (χ4n) is 1.49. The van der Waals surface area contributed by atoms with Gasteiger partial charge in [0.2, 0.25) is 10.0 Å². The van der Waals surface area contributed by atoms with Crippen LogP contribution in [0.25, 0.3) is 0 Å². The van der Waals surface area contributed by atoms with E-state index in [9.17, 15) is 13.2 Å². The lowest BCUT2D eigenvalue weighted by Gasteiger charge is -2.08. The maximum atomic E-state index is 12.0. The molecular weight excluding hydrogens is 266 g/mol. The summed E-state index contributed by atoms with van der Waals surface area (Å²) < 4.78 is 31.0. The number of aryl methyl sites for hydroxylation is 2. The Morgan fingerprint density at radius 3 is 2.53 bits per heavy atom. The number of rotatable bonds is 6. The van der Waals surface area contributed by atoms with E-state index >= 15 is 0 Å². The Morgan fingerprint density at radius 1 is 1.26 bits per heavy atom. The highest BCUT2D eigenvalue weighted by Crippen LogP contribution is 2.14. The van der Waals surface area contributed by atoms with Crippen molar-refractivity contribution in [2.24, 2.45) is 0 Å². The molecule has 0 atom stereocenters. The summed E-state index contributed by atoms with van der Waals surface area (Å²) >= 11 is 0. The number of sulfonamides is 1. The van der Waals surface area contributed by atoms with Gasteiger partial charge in [0.15, 0.2) is 0 Å². The summed E-state index contributed by atoms with van der Waals surface area (Å²) in [5.41, 5.74) is 1.94. The lowest BCUT2D eigenvalue weighted by Crippen LogP contribution is -2.26. The zero-order chi connectivity index (χ0) is 14.5. The van der Waals surface area contributed by atoms with E-state index in [1.807, 2.05) is 13.8 Å². The average Bonchev–Trinajstić information content (AvgIpc) is 2.32. The van der Waals surface area contributed by atoms with E-state index in [1.165, 1.54) is 0 Å². The van der Waals surface area contributed by atoms with Crippen molar-refractivity contribution in [3.8, 4) is 0 Å². The lowest BCUT2D eigenvalue weighted by molar-refractivity contribution is -0.142. The Morgan fingerprint density at radius 2 is 1.95 bits per heavy atom. The van der Waals surface area contributed by atoms with Gasteiger partial charge in [0.25, 0.3) is 0 Å². The Balaban J connectivity index is 2.66. The van der Waals surface area contributed by atoms with Crippen LogP contribution >= 0.6 is 0 Å². The Kier molecular flexibility index (Phi) is 5.50. The van der Waals surface area contributed by atoms with Crippen molar-refractivity contribution < 1.29 is 17.9 Å². The third-order valence-electron chi connectivity index (χ3n) is 2.72. The molecule has 0 bridgehead atoms. The second-order valence-corrected chi connectivity index (χ2v) is 5.97. The molecule has 1 aromatic carbocycles. The smallest absolute Gasteiger partial charge is 0.307 e. The van der Waals surface area contributed by atoms with Crippen molar-refractivity contribution in [2.45, 2.75) is 32.1 Å². The predicted octanol–water partition coefficient (Wildman–Crippen LogP) is 1.53. The van der Waals surface area contributed by atoms with Crippen molar-refractivity contribution >= 4 is 16.0 Å². The van der Waals surface area contributed by atoms with Crippen molar-refractivity contribution in [1.29, 1.82) is 0 Å². The minimum absolute atomic E-state index is 0.0257. The van der Waals surface area contributed by atoms with E-state index in [0.717, 1.165) is 11.1 Å². The monoisotopic (exact) mass is 285 g/mol. The van der Waals surface area contributed by atoms with Gasteiger partial charge in [0.05, 0.1) is 17.9 Å². The van der Waals surface area contributed by atoms with Crippen LogP contribution in [0.1, 0.15) is 24.5 Å². The van der Waals surface area contributed by atoms with Crippen LogP contribution in [0.4, 0.5) is 0 Å². The zero-order valence-corrected chi connectivity index (χ0v) is 12.2. The molecule has 19 heavy (non-hydrogen) atoms. The molecule has 6 heteroatoms. The highest BCUT2D eigenvalue weighted by molar-refractivity contribution is 7.89. The number of nitrogens with one attached hydrogen (secondary N) is 1. The number of hydrogen-bond donors (Lipinski definition) is 1. The SMILES string of the molecule is CCOC(=O)CCNS(=O)(=O)c1ccc(C)c(C)c1. The topological polar surface area (TPSA) is 72.5 Å². The quantitative estimate of drug-likeness (QED) is 0.805. The fraction of sp³-hybridized carbons (Fsp3) is 0.462. The molecule has 0 unspecified atom stereocenters. The molecule has 0 aliphatic heterocycles. The normalized spacial score (nSPS) is 11.3. The summed E-state index contributed by atoms with van der Waals surface area (Å²) in [6.07, 6.45) is 0.0257. The summed E-state index contributed by atoms with van der Waals surface area (Å²) in [6, 6.07) is 4.92. The van der Waals surface area contributed by atoms with Crippen LogP contribution < -0.4 is 4.72 Å². The first-order chi connectivity index (χ1) is 8.86. The molecule has 0 amide bonds. The minimum Gasteiger partial charge on any atom is -0.466 e. The zero-order valence-electron chi connectivity index (χ0n) is 11.4. The largest absolute Gasteiger partial charge is 0.466 e. The van der Waals surface area contributed by atoms with E-state index < -0.39 is 16.0 Å². The van der Waals surface area contributed by atoms with Gasteiger partial charge in [-0.3, -0.25) is 4.79 Å². The molecule has 1 aromatic rings. The van der Waals surface area contributed by atoms with Gasteiger partial charge in [-0.05, 0) is 44.0 Å². The molecule has 1 rings (SSSR count). The summed E-state index contributed by atoms with van der Waals surface area (Å²) in [6.45, 7) is 5.81. The van der Waals surface area contributed by atoms with Crippen LogP contribution in [0.5, 0.6) is 0 Å². The summed E-state index contributed by atoms with van der Waals surface area (Å²) in [5, 5.41) is 0. The van der Waals surface area contributed by atoms with Crippen LogP contribution in [0.2, 0.25) is 0 Å². The molecule has 1 N–H and O–H groups in total. The third-order valence-corrected chi connectivity index (χ3v) is 4.17. The molecule has 0 aliphatic carbocycles. The lowest BCUT2D eigenvalue weighted by atomic mass is 10.1. The number of carbonyl (C=O) groups is 1. The van der Waals surface area contributed by atoms with Gasteiger partial charge in [-0.15, -0.1) is 0 Å². The summed E-state index contributed by atoms with van der Waals surface area (Å²) in [7, 11) is -3.57. The first-order valence-corrected chi connectivity index (χ1v) is 7.57. The second-order valence-electron chi connectivity index (χ2n) is 4.20. The van der Waals surface area contributed by atoms with Gasteiger partial charge in [-0.1, -0.05) is 6.07 Å². The molecule has 0 saturated heterocycles. The average molecular weight is 285 g/mol. The standard InChI is InChI=1S/C13H19NO4S/c1-4-18-13(15)7-8-14-19(16,17)12-6-5-10(2)11(3)9-12/h5-6,9,14H,4,7-8H2,1-3H3. The highest BCUT2D eigenvalue weighted by Gasteiger charge is 2.14. The molecular formula is C13H19NO4S. The van der Waals surface area contributed by atoms with E-state index in [-0.39, 0.29) is 17.9 Å². The Bertz CT molecular complexity index is 552. The van der Waals surface area contributed by atoms with Crippen LogP contribution in [0, 0.1) is 13.8 Å². The summed E-state index contributed by atoms with van der Waals surface area (Å²) in [4.78, 5) is 11.3. The first-order valence-electron chi connectivity index (χ1n) is 6.09. The van der Waals surface area contributed by atoms with E-state index in [4.69, 9.17) is 4.74 Å². The van der Waals surface area contributed by atoms with Gasteiger partial charge in [-0.25, -0.2) is 13.1 Å². The molecule has 106 valence electrons. The van der Waals surface area contributed by atoms with Gasteiger partial charge in [0.1, 0.15) is 0 Å². The maximum Gasteiger partial charge on any atom is 0.307 e. The van der Waals surface area contributed by atoms with Gasteiger partial charge in [-0.2, -0.15) is 0 Å². The molecule has 0 aliphatic rings. The number of carbonyl (C=O) groups excluding carboxylic acids is 1. The first kappa shape index (κ1) is 15.7. The molecule has 5 nitrogen and oxygen atoms in total. The molecule has 0 heterocycles. The van der Waals surface area contributed by atoms with Crippen molar-refractivity contribution in [3.63, 3.8) is 0 Å². The minimum atomic E-state index is -3.57. The summed E-state index contributed by atoms with van der Waals surface area (Å²) in [5.74, 6) is -0.412. The van der Waals surface area contributed by atoms with E-state index in [0.29, 0.717) is 6.61 Å². The Labute approximate surface area is 114 Å². The van der Waals surface area contributed by atoms with Crippen LogP contribution in [-0.2, 0) is 19.6 Å². The van der Waals surface area contributed by atoms with E-state index in [1.54, 1.807) is 25.1 Å². The third kappa shape index (κ3) is 4.65. The number of benzene rings is 1. The number of ether oxygens (including phenoxy) is 1. The second kappa shape index (κ2) is 6.68. The predicted molar refractivity (Wildman–Crippen MR) is 72.4 cm³/mol. The fourth-order valence-corrected chi connectivity index (χ4v) is 2.60. The van der Waals surface area contributed by atoms with Crippen LogP contribution in [-0.4, -0.2) is 27.5 Å². The number of hydrogen-bond acceptors (Lipinski definition) is 4. The van der Waals surface area contributed by atoms with Gasteiger partial charge >= 0.3 is 5.97 Å². The molecule has 0 radical (unpaired) electrons. The molecule has 0 aromatic heterocycles. The highest BCUT2D eigenvalue weighted by atomic mass is 32.2. The van der Waals surface area contributed by atoms with Gasteiger partial charge < -0.3 is 4.74 Å². The maximum absolute atomic E-state index is 12.0. The van der Waals surface area contributed by atoms with Crippen molar-refractivity contribution in [2.75, 3.05) is 13.2 Å². The number of esters is 1. The van der Waals surface area contributed by atoms with Crippen molar-refractivity contribution in [1.82, 2.24) is 4.72 Å². The van der Waals surface area contributed by atoms with Crippen LogP contribution in [0.3, 0.4) is 0 Å². The molecule has 0 saturated carbocycles. The molecule has 0 spiro atoms. The van der Waals surface area contributed by atoms with E-state index in [2.05, 4.69) is 4.72 Å². The van der Waals surface area contributed by atoms with Crippen molar-refractivity contribution in [3.05, 3.63) is 29.3 Å². The molecule has 0 fully saturated rings. The van der Waals surface area contributed by atoms with Gasteiger partial charge in [0, 0.05) is 6.54 Å². The van der Waals surface area contributed by atoms with Crippen LogP contribution in [0.15, 0.2) is 23.1 Å². The Hall–Kier alpha value is -1.40.